The molecule has 0 radical (unpaired) electrons. The number of aryl methyl sites for hydroxylation is 1. The lowest BCUT2D eigenvalue weighted by molar-refractivity contribution is -0.385. The SMILES string of the molecule is COCCOc1cc([N+](=O)[O-])c(C(=O)Nc2ccc(C)c([N+](=O)[O-])c2)cc1OC. The van der Waals surface area contributed by atoms with Crippen LogP contribution in [0, 0.1) is 27.2 Å². The molecule has 0 spiro atoms. The number of hydrogen-bond acceptors (Lipinski definition) is 8. The number of amides is 1. The average molecular weight is 405 g/mol. The van der Waals surface area contributed by atoms with E-state index in [4.69, 9.17) is 14.2 Å². The number of nitro benzene ring substituents is 2. The molecule has 0 aliphatic carbocycles. The molecule has 0 fully saturated rings. The van der Waals surface area contributed by atoms with Gasteiger partial charge in [0.2, 0.25) is 0 Å². The molecule has 0 aromatic heterocycles. The Kier molecular flexibility index (Phi) is 7.04. The fourth-order valence-electron chi connectivity index (χ4n) is 2.47. The fourth-order valence-corrected chi connectivity index (χ4v) is 2.47. The maximum atomic E-state index is 12.6. The first-order valence-corrected chi connectivity index (χ1v) is 8.33. The van der Waals surface area contributed by atoms with Crippen LogP contribution >= 0.6 is 0 Å². The van der Waals surface area contributed by atoms with Crippen molar-refractivity contribution in [3.05, 3.63) is 61.7 Å². The Morgan fingerprint density at radius 1 is 1.00 bits per heavy atom. The second-order valence-electron chi connectivity index (χ2n) is 5.83. The van der Waals surface area contributed by atoms with Crippen LogP contribution in [-0.4, -0.2) is 43.2 Å². The molecule has 2 aromatic carbocycles. The van der Waals surface area contributed by atoms with Gasteiger partial charge in [-0.1, -0.05) is 6.07 Å². The molecule has 2 rings (SSSR count). The summed E-state index contributed by atoms with van der Waals surface area (Å²) in [5, 5.41) is 25.0. The first-order chi connectivity index (χ1) is 13.8. The van der Waals surface area contributed by atoms with Crippen LogP contribution in [0.25, 0.3) is 0 Å². The van der Waals surface area contributed by atoms with Crippen LogP contribution in [0.2, 0.25) is 0 Å². The van der Waals surface area contributed by atoms with E-state index in [1.807, 2.05) is 0 Å². The number of nitrogens with zero attached hydrogens (tertiary/aromatic N) is 2. The van der Waals surface area contributed by atoms with E-state index in [0.717, 1.165) is 6.07 Å². The van der Waals surface area contributed by atoms with Crippen LogP contribution in [0.5, 0.6) is 11.5 Å². The van der Waals surface area contributed by atoms with Crippen LogP contribution in [0.1, 0.15) is 15.9 Å². The van der Waals surface area contributed by atoms with Gasteiger partial charge in [0.1, 0.15) is 12.2 Å². The molecule has 29 heavy (non-hydrogen) atoms. The minimum Gasteiger partial charge on any atom is -0.493 e. The predicted octanol–water partition coefficient (Wildman–Crippen LogP) is 3.10. The minimum atomic E-state index is -0.823. The Bertz CT molecular complexity index is 945. The Morgan fingerprint density at radius 3 is 2.28 bits per heavy atom. The summed E-state index contributed by atoms with van der Waals surface area (Å²) in [4.78, 5) is 33.9. The first-order valence-electron chi connectivity index (χ1n) is 8.33. The van der Waals surface area contributed by atoms with Gasteiger partial charge in [-0.3, -0.25) is 25.0 Å². The summed E-state index contributed by atoms with van der Waals surface area (Å²) in [6.45, 7) is 1.94. The number of benzene rings is 2. The molecule has 0 aliphatic heterocycles. The molecule has 11 nitrogen and oxygen atoms in total. The van der Waals surface area contributed by atoms with Crippen molar-refractivity contribution < 1.29 is 28.9 Å². The van der Waals surface area contributed by atoms with Gasteiger partial charge in [0.15, 0.2) is 11.5 Å². The Morgan fingerprint density at radius 2 is 1.69 bits per heavy atom. The van der Waals surface area contributed by atoms with Crippen molar-refractivity contribution >= 4 is 23.0 Å². The molecule has 0 bridgehead atoms. The minimum absolute atomic E-state index is 0.0822. The molecular weight excluding hydrogens is 386 g/mol. The number of hydrogen-bond donors (Lipinski definition) is 1. The maximum absolute atomic E-state index is 12.6. The zero-order valence-corrected chi connectivity index (χ0v) is 16.0. The third kappa shape index (κ3) is 5.17. The van der Waals surface area contributed by atoms with Crippen LogP contribution < -0.4 is 14.8 Å². The van der Waals surface area contributed by atoms with E-state index < -0.39 is 21.4 Å². The van der Waals surface area contributed by atoms with Crippen molar-refractivity contribution in [1.29, 1.82) is 0 Å². The molecule has 0 saturated carbocycles. The number of carbonyl (C=O) groups is 1. The number of nitro groups is 2. The van der Waals surface area contributed by atoms with Gasteiger partial charge in [0, 0.05) is 30.5 Å². The Balaban J connectivity index is 2.39. The van der Waals surface area contributed by atoms with Crippen molar-refractivity contribution in [3.63, 3.8) is 0 Å². The van der Waals surface area contributed by atoms with E-state index in [1.54, 1.807) is 6.92 Å². The van der Waals surface area contributed by atoms with E-state index in [0.29, 0.717) is 5.56 Å². The molecule has 2 aromatic rings. The number of anilines is 1. The summed E-state index contributed by atoms with van der Waals surface area (Å²) >= 11 is 0. The number of methoxy groups -OCH3 is 2. The van der Waals surface area contributed by atoms with Gasteiger partial charge in [0.05, 0.1) is 29.6 Å². The van der Waals surface area contributed by atoms with E-state index in [2.05, 4.69) is 5.32 Å². The standard InChI is InChI=1S/C18H19N3O8/c1-11-4-5-12(8-14(11)20(23)24)19-18(22)13-9-16(28-3)17(29-7-6-27-2)10-15(13)21(25)26/h4-5,8-10H,6-7H2,1-3H3,(H,19,22). The summed E-state index contributed by atoms with van der Waals surface area (Å²) in [5.74, 6) is -0.623. The number of nitrogens with one attached hydrogen (secondary N) is 1. The van der Waals surface area contributed by atoms with E-state index >= 15 is 0 Å². The zero-order valence-electron chi connectivity index (χ0n) is 16.0. The molecule has 0 unspecified atom stereocenters. The monoisotopic (exact) mass is 405 g/mol. The predicted molar refractivity (Wildman–Crippen MR) is 103 cm³/mol. The van der Waals surface area contributed by atoms with Crippen LogP contribution in [0.3, 0.4) is 0 Å². The van der Waals surface area contributed by atoms with Gasteiger partial charge in [0.25, 0.3) is 17.3 Å². The topological polar surface area (TPSA) is 143 Å². The summed E-state index contributed by atoms with van der Waals surface area (Å²) in [6.07, 6.45) is 0. The van der Waals surface area contributed by atoms with E-state index in [1.165, 1.54) is 38.5 Å². The second-order valence-corrected chi connectivity index (χ2v) is 5.83. The highest BCUT2D eigenvalue weighted by molar-refractivity contribution is 6.07. The molecule has 0 atom stereocenters. The Hall–Kier alpha value is -3.73. The van der Waals surface area contributed by atoms with Crippen molar-refractivity contribution in [2.75, 3.05) is 32.8 Å². The van der Waals surface area contributed by atoms with Gasteiger partial charge < -0.3 is 19.5 Å². The number of carbonyl (C=O) groups excluding carboxylic acids is 1. The summed E-state index contributed by atoms with van der Waals surface area (Å²) < 4.78 is 15.4. The third-order valence-electron chi connectivity index (χ3n) is 3.93. The maximum Gasteiger partial charge on any atom is 0.286 e. The molecular formula is C18H19N3O8. The highest BCUT2D eigenvalue weighted by Crippen LogP contribution is 2.35. The summed E-state index contributed by atoms with van der Waals surface area (Å²) in [5.41, 5.74) is -0.428. The van der Waals surface area contributed by atoms with Gasteiger partial charge in [-0.05, 0) is 13.0 Å². The molecule has 0 heterocycles. The smallest absolute Gasteiger partial charge is 0.286 e. The molecule has 0 aliphatic rings. The van der Waals surface area contributed by atoms with Gasteiger partial charge >= 0.3 is 0 Å². The van der Waals surface area contributed by atoms with Crippen molar-refractivity contribution in [2.45, 2.75) is 6.92 Å². The first kappa shape index (κ1) is 21.6. The molecule has 0 saturated heterocycles. The van der Waals surface area contributed by atoms with Crippen LogP contribution in [-0.2, 0) is 4.74 Å². The average Bonchev–Trinajstić information content (AvgIpc) is 2.68. The van der Waals surface area contributed by atoms with E-state index in [9.17, 15) is 25.0 Å². The quantitative estimate of drug-likeness (QED) is 0.381. The number of rotatable bonds is 9. The molecule has 154 valence electrons. The van der Waals surface area contributed by atoms with Gasteiger partial charge in [-0.2, -0.15) is 0 Å². The molecule has 1 amide bonds. The highest BCUT2D eigenvalue weighted by Gasteiger charge is 2.25. The highest BCUT2D eigenvalue weighted by atomic mass is 16.6. The molecule has 1 N–H and O–H groups in total. The van der Waals surface area contributed by atoms with Crippen molar-refractivity contribution in [1.82, 2.24) is 0 Å². The van der Waals surface area contributed by atoms with Crippen LogP contribution in [0.4, 0.5) is 17.1 Å². The lowest BCUT2D eigenvalue weighted by atomic mass is 10.1. The lowest BCUT2D eigenvalue weighted by Gasteiger charge is -2.13. The Labute approximate surface area is 165 Å². The summed E-state index contributed by atoms with van der Waals surface area (Å²) in [7, 11) is 2.81. The molecule has 11 heteroatoms. The van der Waals surface area contributed by atoms with Crippen molar-refractivity contribution in [3.8, 4) is 11.5 Å². The lowest BCUT2D eigenvalue weighted by Crippen LogP contribution is -2.15. The van der Waals surface area contributed by atoms with Crippen molar-refractivity contribution in [2.24, 2.45) is 0 Å². The summed E-state index contributed by atoms with van der Waals surface area (Å²) in [6, 6.07) is 6.37. The number of ether oxygens (including phenoxy) is 3. The second kappa shape index (κ2) is 9.46. The normalized spacial score (nSPS) is 10.3. The largest absolute Gasteiger partial charge is 0.493 e. The van der Waals surface area contributed by atoms with E-state index in [-0.39, 0.29) is 41.7 Å². The third-order valence-corrected chi connectivity index (χ3v) is 3.93. The van der Waals surface area contributed by atoms with Crippen LogP contribution in [0.15, 0.2) is 30.3 Å². The fraction of sp³-hybridized carbons (Fsp3) is 0.278. The van der Waals surface area contributed by atoms with Gasteiger partial charge in [-0.15, -0.1) is 0 Å². The zero-order chi connectivity index (χ0) is 21.6. The van der Waals surface area contributed by atoms with Gasteiger partial charge in [-0.25, -0.2) is 0 Å².